The highest BCUT2D eigenvalue weighted by atomic mass is 32.2. The van der Waals surface area contributed by atoms with Crippen LogP contribution in [0.4, 0.5) is 0 Å². The van der Waals surface area contributed by atoms with Crippen molar-refractivity contribution in [3.8, 4) is 11.5 Å². The normalized spacial score (nSPS) is 12.6. The number of H-pyrrole nitrogens is 1. The van der Waals surface area contributed by atoms with Gasteiger partial charge in [0.2, 0.25) is 5.89 Å². The molecular weight excluding hydrogens is 368 g/mol. The lowest BCUT2D eigenvalue weighted by atomic mass is 10.2. The molecule has 6 nitrogen and oxygen atoms in total. The van der Waals surface area contributed by atoms with E-state index in [1.807, 2.05) is 51.1 Å². The van der Waals surface area contributed by atoms with Crippen molar-refractivity contribution in [3.63, 3.8) is 0 Å². The van der Waals surface area contributed by atoms with Crippen LogP contribution in [0.1, 0.15) is 28.4 Å². The van der Waals surface area contributed by atoms with Gasteiger partial charge < -0.3 is 9.40 Å². The maximum absolute atomic E-state index is 12.4. The van der Waals surface area contributed by atoms with Crippen molar-refractivity contribution < 1.29 is 4.42 Å². The molecule has 132 valence electrons. The molecule has 0 bridgehead atoms. The first-order valence-electron chi connectivity index (χ1n) is 8.08. The Balaban J connectivity index is 1.61. The molecule has 0 saturated carbocycles. The molecule has 0 saturated heterocycles. The van der Waals surface area contributed by atoms with Gasteiger partial charge in [-0.25, -0.2) is 4.98 Å². The molecule has 0 aliphatic rings. The van der Waals surface area contributed by atoms with Crippen LogP contribution in [0.25, 0.3) is 21.7 Å². The van der Waals surface area contributed by atoms with Crippen LogP contribution in [0.15, 0.2) is 44.8 Å². The van der Waals surface area contributed by atoms with E-state index < -0.39 is 0 Å². The number of aromatic nitrogens is 4. The molecule has 26 heavy (non-hydrogen) atoms. The number of nitrogens with zero attached hydrogens (tertiary/aromatic N) is 3. The number of nitrogens with one attached hydrogen (secondary N) is 1. The molecule has 8 heteroatoms. The topological polar surface area (TPSA) is 84.7 Å². The average molecular weight is 384 g/mol. The standard InChI is InChI=1S/C18H16N4O2S2/c1-9-10(2)25-17-13(9)15(23)19-14(20-17)11(3)26-18-22-21-16(24-18)12-7-5-4-6-8-12/h4-8,11H,1-3H3,(H,19,20,23)/t11-/m0/s1. The molecule has 0 fully saturated rings. The van der Waals surface area contributed by atoms with Gasteiger partial charge in [-0.3, -0.25) is 4.79 Å². The summed E-state index contributed by atoms with van der Waals surface area (Å²) >= 11 is 2.91. The molecule has 4 rings (SSSR count). The van der Waals surface area contributed by atoms with Crippen LogP contribution in [0, 0.1) is 13.8 Å². The molecule has 4 aromatic rings. The van der Waals surface area contributed by atoms with Gasteiger partial charge in [-0.15, -0.1) is 21.5 Å². The van der Waals surface area contributed by atoms with Crippen molar-refractivity contribution >= 4 is 33.3 Å². The Labute approximate surface area is 157 Å². The fourth-order valence-electron chi connectivity index (χ4n) is 2.63. The minimum atomic E-state index is -0.126. The van der Waals surface area contributed by atoms with E-state index in [1.165, 1.54) is 11.8 Å². The minimum absolute atomic E-state index is 0.102. The summed E-state index contributed by atoms with van der Waals surface area (Å²) in [6, 6.07) is 9.61. The van der Waals surface area contributed by atoms with E-state index in [4.69, 9.17) is 4.42 Å². The Kier molecular flexibility index (Phi) is 4.37. The molecular formula is C18H16N4O2S2. The van der Waals surface area contributed by atoms with Gasteiger partial charge in [0.25, 0.3) is 10.8 Å². The number of aromatic amines is 1. The number of hydrogen-bond donors (Lipinski definition) is 1. The van der Waals surface area contributed by atoms with Crippen molar-refractivity contribution in [1.82, 2.24) is 20.2 Å². The SMILES string of the molecule is Cc1sc2nc([C@H](C)Sc3nnc(-c4ccccc4)o3)[nH]c(=O)c2c1C. The summed E-state index contributed by atoms with van der Waals surface area (Å²) in [6.45, 7) is 5.91. The smallest absolute Gasteiger partial charge is 0.277 e. The maximum Gasteiger partial charge on any atom is 0.277 e. The third-order valence-electron chi connectivity index (χ3n) is 4.15. The first kappa shape index (κ1) is 17.0. The van der Waals surface area contributed by atoms with Gasteiger partial charge in [0.15, 0.2) is 0 Å². The van der Waals surface area contributed by atoms with Crippen LogP contribution in [0.2, 0.25) is 0 Å². The second kappa shape index (κ2) is 6.69. The van der Waals surface area contributed by atoms with Crippen LogP contribution < -0.4 is 5.56 Å². The first-order valence-corrected chi connectivity index (χ1v) is 9.78. The molecule has 0 radical (unpaired) electrons. The van der Waals surface area contributed by atoms with E-state index in [2.05, 4.69) is 20.2 Å². The van der Waals surface area contributed by atoms with Gasteiger partial charge in [0, 0.05) is 10.4 Å². The predicted octanol–water partition coefficient (Wildman–Crippen LogP) is 4.50. The van der Waals surface area contributed by atoms with Crippen molar-refractivity contribution in [2.75, 3.05) is 0 Å². The number of aryl methyl sites for hydroxylation is 2. The third-order valence-corrected chi connectivity index (χ3v) is 6.19. The van der Waals surface area contributed by atoms with Gasteiger partial charge in [0.1, 0.15) is 10.7 Å². The fraction of sp³-hybridized carbons (Fsp3) is 0.222. The molecule has 3 heterocycles. The van der Waals surface area contributed by atoms with Crippen molar-refractivity contribution in [2.24, 2.45) is 0 Å². The quantitative estimate of drug-likeness (QED) is 0.521. The third kappa shape index (κ3) is 3.06. The average Bonchev–Trinajstić information content (AvgIpc) is 3.21. The lowest BCUT2D eigenvalue weighted by molar-refractivity contribution is 0.465. The zero-order valence-electron chi connectivity index (χ0n) is 14.4. The Morgan fingerprint density at radius 1 is 1.19 bits per heavy atom. The van der Waals surface area contributed by atoms with E-state index in [0.29, 0.717) is 22.3 Å². The maximum atomic E-state index is 12.4. The lowest BCUT2D eigenvalue weighted by Crippen LogP contribution is -2.12. The molecule has 0 aliphatic heterocycles. The van der Waals surface area contributed by atoms with E-state index in [1.54, 1.807) is 11.3 Å². The number of rotatable bonds is 4. The highest BCUT2D eigenvalue weighted by molar-refractivity contribution is 7.99. The van der Waals surface area contributed by atoms with Crippen molar-refractivity contribution in [1.29, 1.82) is 0 Å². The summed E-state index contributed by atoms with van der Waals surface area (Å²) in [4.78, 5) is 21.8. The van der Waals surface area contributed by atoms with E-state index in [0.717, 1.165) is 20.8 Å². The predicted molar refractivity (Wildman–Crippen MR) is 104 cm³/mol. The number of hydrogen-bond acceptors (Lipinski definition) is 7. The van der Waals surface area contributed by atoms with Crippen LogP contribution in [-0.2, 0) is 0 Å². The Bertz CT molecular complexity index is 1130. The van der Waals surface area contributed by atoms with Gasteiger partial charge in [-0.1, -0.05) is 30.0 Å². The summed E-state index contributed by atoms with van der Waals surface area (Å²) in [5, 5.41) is 9.17. The number of fused-ring (bicyclic) bond motifs is 1. The Morgan fingerprint density at radius 2 is 1.96 bits per heavy atom. The molecule has 3 aromatic heterocycles. The second-order valence-corrected chi connectivity index (χ2v) is 8.41. The molecule has 0 spiro atoms. The van der Waals surface area contributed by atoms with Gasteiger partial charge in [-0.2, -0.15) is 0 Å². The molecule has 0 amide bonds. The zero-order chi connectivity index (χ0) is 18.3. The second-order valence-electron chi connectivity index (χ2n) is 5.91. The molecule has 1 N–H and O–H groups in total. The van der Waals surface area contributed by atoms with Gasteiger partial charge in [-0.05, 0) is 38.5 Å². The van der Waals surface area contributed by atoms with Crippen molar-refractivity contribution in [3.05, 3.63) is 57.0 Å². The number of thiophene rings is 1. The van der Waals surface area contributed by atoms with Crippen LogP contribution in [0.5, 0.6) is 0 Å². The molecule has 0 aliphatic carbocycles. The monoisotopic (exact) mass is 384 g/mol. The van der Waals surface area contributed by atoms with E-state index in [9.17, 15) is 4.79 Å². The van der Waals surface area contributed by atoms with Crippen LogP contribution in [-0.4, -0.2) is 20.2 Å². The van der Waals surface area contributed by atoms with Gasteiger partial charge in [0.05, 0.1) is 10.6 Å². The summed E-state index contributed by atoms with van der Waals surface area (Å²) in [6.07, 6.45) is 0. The van der Waals surface area contributed by atoms with Crippen LogP contribution >= 0.6 is 23.1 Å². The summed E-state index contributed by atoms with van der Waals surface area (Å²) < 4.78 is 5.73. The summed E-state index contributed by atoms with van der Waals surface area (Å²) in [7, 11) is 0. The summed E-state index contributed by atoms with van der Waals surface area (Å²) in [5.41, 5.74) is 1.77. The first-order chi connectivity index (χ1) is 12.5. The largest absolute Gasteiger partial charge is 0.411 e. The Morgan fingerprint density at radius 3 is 2.73 bits per heavy atom. The van der Waals surface area contributed by atoms with Gasteiger partial charge >= 0.3 is 0 Å². The number of benzene rings is 1. The lowest BCUT2D eigenvalue weighted by Gasteiger charge is -2.07. The molecule has 0 unspecified atom stereocenters. The highest BCUT2D eigenvalue weighted by Gasteiger charge is 2.19. The highest BCUT2D eigenvalue weighted by Crippen LogP contribution is 2.34. The summed E-state index contributed by atoms with van der Waals surface area (Å²) in [5.74, 6) is 1.08. The molecule has 1 atom stereocenters. The van der Waals surface area contributed by atoms with Crippen molar-refractivity contribution in [2.45, 2.75) is 31.2 Å². The van der Waals surface area contributed by atoms with E-state index >= 15 is 0 Å². The molecule has 1 aromatic carbocycles. The van der Waals surface area contributed by atoms with E-state index in [-0.39, 0.29) is 10.8 Å². The zero-order valence-corrected chi connectivity index (χ0v) is 16.1. The van der Waals surface area contributed by atoms with Crippen LogP contribution in [0.3, 0.4) is 0 Å². The minimum Gasteiger partial charge on any atom is -0.411 e. The fourth-order valence-corrected chi connectivity index (χ4v) is 4.40. The number of thioether (sulfide) groups is 1. The Hall–Kier alpha value is -2.45.